The number of halogens is 2. The van der Waals surface area contributed by atoms with Crippen molar-refractivity contribution in [3.8, 4) is 11.5 Å². The zero-order valence-corrected chi connectivity index (χ0v) is 25.4. The smallest absolute Gasteiger partial charge is 0.331 e. The van der Waals surface area contributed by atoms with Crippen molar-refractivity contribution in [2.45, 2.75) is 25.7 Å². The van der Waals surface area contributed by atoms with Crippen LogP contribution in [0.2, 0.25) is 35.7 Å². The average Bonchev–Trinajstić information content (AvgIpc) is 2.90. The molecule has 0 aliphatic carbocycles. The highest BCUT2D eigenvalue weighted by Gasteiger charge is 2.30. The number of nitrogens with one attached hydrogen (secondary N) is 1. The first-order valence-corrected chi connectivity index (χ1v) is 16.6. The Morgan fingerprint density at radius 3 is 2.28 bits per heavy atom. The van der Waals surface area contributed by atoms with Crippen LogP contribution in [0.15, 0.2) is 42.7 Å². The number of carbonyl (C=O) groups is 1. The molecule has 3 aromatic rings. The summed E-state index contributed by atoms with van der Waals surface area (Å²) in [6, 6.07) is 10.9. The van der Waals surface area contributed by atoms with E-state index >= 15 is 0 Å². The summed E-state index contributed by atoms with van der Waals surface area (Å²) in [4.78, 5) is 25.2. The Morgan fingerprint density at radius 1 is 1.05 bits per heavy atom. The molecule has 3 N–H and O–H groups in total. The lowest BCUT2D eigenvalue weighted by atomic mass is 10.2. The third kappa shape index (κ3) is 7.66. The Morgan fingerprint density at radius 2 is 1.69 bits per heavy atom. The van der Waals surface area contributed by atoms with E-state index in [0.717, 1.165) is 6.04 Å². The van der Waals surface area contributed by atoms with Gasteiger partial charge in [-0.3, -0.25) is 9.80 Å². The number of para-hydroxylation sites is 2. The fourth-order valence-electron chi connectivity index (χ4n) is 3.49. The molecule has 13 heteroatoms. The third-order valence-electron chi connectivity index (χ3n) is 5.77. The zero-order chi connectivity index (χ0) is 28.7. The van der Waals surface area contributed by atoms with E-state index in [-0.39, 0.29) is 22.5 Å². The Kier molecular flexibility index (Phi) is 10.3. The van der Waals surface area contributed by atoms with Crippen LogP contribution in [0.3, 0.4) is 0 Å². The van der Waals surface area contributed by atoms with Crippen LogP contribution in [0.25, 0.3) is 0 Å². The number of hydrogen-bond acceptors (Lipinski definition) is 8. The number of carbonyl (C=O) groups excluding carboxylic acids is 1. The molecule has 0 saturated carbocycles. The largest absolute Gasteiger partial charge is 0.495 e. The van der Waals surface area contributed by atoms with Crippen molar-refractivity contribution in [1.29, 1.82) is 0 Å². The lowest BCUT2D eigenvalue weighted by Gasteiger charge is -2.30. The highest BCUT2D eigenvalue weighted by Crippen LogP contribution is 2.46. The zero-order valence-electron chi connectivity index (χ0n) is 22.9. The fourth-order valence-corrected chi connectivity index (χ4v) is 4.95. The summed E-state index contributed by atoms with van der Waals surface area (Å²) in [7, 11) is 3.15. The standard InChI is InChI=1S/C26H34Cl2N6O4Si/c1-33(22-14-21(30-15-31-22)32-18-10-8-7-9-17(18)29)26(35)34(16-38-11-12-39(4,5)6)25-23(27)19(36-2)13-20(37-3)24(25)28/h7-10,13-15H,11-12,16,29H2,1-6H3,(H,30,31,32). The van der Waals surface area contributed by atoms with Gasteiger partial charge < -0.3 is 25.3 Å². The van der Waals surface area contributed by atoms with Crippen LogP contribution in [0.1, 0.15) is 0 Å². The van der Waals surface area contributed by atoms with Gasteiger partial charge in [0.2, 0.25) is 0 Å². The van der Waals surface area contributed by atoms with Gasteiger partial charge in [0.1, 0.15) is 46.2 Å². The van der Waals surface area contributed by atoms with E-state index in [9.17, 15) is 4.79 Å². The number of amides is 2. The molecular weight excluding hydrogens is 559 g/mol. The first-order chi connectivity index (χ1) is 18.5. The Labute approximate surface area is 240 Å². The summed E-state index contributed by atoms with van der Waals surface area (Å²) >= 11 is 13.3. The number of anilines is 5. The Bertz CT molecular complexity index is 1280. The van der Waals surface area contributed by atoms with E-state index in [2.05, 4.69) is 34.9 Å². The summed E-state index contributed by atoms with van der Waals surface area (Å²) in [6.45, 7) is 7.10. The van der Waals surface area contributed by atoms with Gasteiger partial charge in [0.15, 0.2) is 0 Å². The number of aromatic nitrogens is 2. The van der Waals surface area contributed by atoms with Gasteiger partial charge in [-0.15, -0.1) is 0 Å². The van der Waals surface area contributed by atoms with E-state index in [4.69, 9.17) is 43.1 Å². The van der Waals surface area contributed by atoms with Gasteiger partial charge >= 0.3 is 6.03 Å². The van der Waals surface area contributed by atoms with Crippen molar-refractivity contribution in [1.82, 2.24) is 9.97 Å². The monoisotopic (exact) mass is 592 g/mol. The maximum absolute atomic E-state index is 13.9. The predicted molar refractivity (Wildman–Crippen MR) is 161 cm³/mol. The van der Waals surface area contributed by atoms with Gasteiger partial charge in [-0.05, 0) is 18.2 Å². The highest BCUT2D eigenvalue weighted by atomic mass is 35.5. The number of methoxy groups -OCH3 is 2. The minimum Gasteiger partial charge on any atom is -0.495 e. The van der Waals surface area contributed by atoms with E-state index in [1.54, 1.807) is 25.2 Å². The van der Waals surface area contributed by atoms with Crippen molar-refractivity contribution in [3.63, 3.8) is 0 Å². The number of benzene rings is 2. The predicted octanol–water partition coefficient (Wildman–Crippen LogP) is 6.50. The van der Waals surface area contributed by atoms with Gasteiger partial charge in [-0.2, -0.15) is 0 Å². The molecule has 0 bridgehead atoms. The normalized spacial score (nSPS) is 11.2. The SMILES string of the molecule is COc1cc(OC)c(Cl)c(N(COCC[Si](C)(C)C)C(=O)N(C)c2cc(Nc3ccccc3N)ncn2)c1Cl. The minimum absolute atomic E-state index is 0.111. The van der Waals surface area contributed by atoms with Crippen molar-refractivity contribution < 1.29 is 19.0 Å². The molecular formula is C26H34Cl2N6O4Si. The summed E-state index contributed by atoms with van der Waals surface area (Å²) in [5.41, 5.74) is 7.47. The molecule has 0 fully saturated rings. The molecule has 0 aliphatic rings. The lowest BCUT2D eigenvalue weighted by Crippen LogP contribution is -2.43. The number of nitrogens with two attached hydrogens (primary N) is 1. The van der Waals surface area contributed by atoms with Crippen LogP contribution >= 0.6 is 23.2 Å². The van der Waals surface area contributed by atoms with Crippen LogP contribution < -0.4 is 30.3 Å². The molecule has 0 aliphatic heterocycles. The van der Waals surface area contributed by atoms with Crippen LogP contribution in [0.5, 0.6) is 11.5 Å². The Hall–Kier alpha value is -3.25. The van der Waals surface area contributed by atoms with E-state index in [0.29, 0.717) is 41.1 Å². The van der Waals surface area contributed by atoms with Gasteiger partial charge in [-0.25, -0.2) is 14.8 Å². The maximum atomic E-state index is 13.9. The second-order valence-electron chi connectivity index (χ2n) is 9.85. The molecule has 2 amide bonds. The van der Waals surface area contributed by atoms with Crippen LogP contribution in [0, 0.1) is 0 Å². The summed E-state index contributed by atoms with van der Waals surface area (Å²) in [5, 5.41) is 3.43. The van der Waals surface area contributed by atoms with Crippen LogP contribution in [-0.4, -0.2) is 58.7 Å². The molecule has 10 nitrogen and oxygen atoms in total. The first-order valence-electron chi connectivity index (χ1n) is 12.1. The molecule has 39 heavy (non-hydrogen) atoms. The average molecular weight is 594 g/mol. The van der Waals surface area contributed by atoms with Gasteiger partial charge in [0, 0.05) is 33.9 Å². The summed E-state index contributed by atoms with van der Waals surface area (Å²) < 4.78 is 16.8. The lowest BCUT2D eigenvalue weighted by molar-refractivity contribution is 0.148. The summed E-state index contributed by atoms with van der Waals surface area (Å²) in [6.07, 6.45) is 1.35. The van der Waals surface area contributed by atoms with Gasteiger partial charge in [0.05, 0.1) is 31.3 Å². The van der Waals surface area contributed by atoms with E-state index in [1.165, 1.54) is 30.3 Å². The number of rotatable bonds is 11. The Balaban J connectivity index is 1.97. The number of hydrogen-bond donors (Lipinski definition) is 2. The minimum atomic E-state index is -1.37. The number of nitrogen functional groups attached to an aromatic ring is 1. The van der Waals surface area contributed by atoms with Crippen molar-refractivity contribution in [2.24, 2.45) is 0 Å². The van der Waals surface area contributed by atoms with Crippen LogP contribution in [-0.2, 0) is 4.74 Å². The topological polar surface area (TPSA) is 115 Å². The molecule has 210 valence electrons. The molecule has 0 spiro atoms. The van der Waals surface area contributed by atoms with E-state index in [1.807, 2.05) is 18.2 Å². The number of urea groups is 1. The molecule has 3 rings (SSSR count). The molecule has 0 atom stereocenters. The molecule has 0 radical (unpaired) electrons. The van der Waals surface area contributed by atoms with Crippen molar-refractivity contribution in [2.75, 3.05) is 55.5 Å². The van der Waals surface area contributed by atoms with Gasteiger partial charge in [0.25, 0.3) is 0 Å². The molecule has 0 saturated heterocycles. The molecule has 1 aromatic heterocycles. The quantitative estimate of drug-likeness (QED) is 0.112. The molecule has 2 aromatic carbocycles. The third-order valence-corrected chi connectivity index (χ3v) is 8.21. The van der Waals surface area contributed by atoms with Crippen molar-refractivity contribution >= 4 is 66.0 Å². The van der Waals surface area contributed by atoms with Gasteiger partial charge in [-0.1, -0.05) is 55.0 Å². The second kappa shape index (κ2) is 13.2. The highest BCUT2D eigenvalue weighted by molar-refractivity contribution is 6.76. The second-order valence-corrected chi connectivity index (χ2v) is 16.2. The fraction of sp³-hybridized carbons (Fsp3) is 0.346. The number of nitrogens with zero attached hydrogens (tertiary/aromatic N) is 4. The molecule has 0 unspecified atom stereocenters. The van der Waals surface area contributed by atoms with E-state index < -0.39 is 14.1 Å². The van der Waals surface area contributed by atoms with Crippen LogP contribution in [0.4, 0.5) is 33.5 Å². The number of ether oxygens (including phenoxy) is 3. The molecule has 1 heterocycles. The van der Waals surface area contributed by atoms with Crippen molar-refractivity contribution in [3.05, 3.63) is 52.8 Å². The summed E-state index contributed by atoms with van der Waals surface area (Å²) in [5.74, 6) is 1.37. The maximum Gasteiger partial charge on any atom is 0.331 e. The first kappa shape index (κ1) is 30.3.